The summed E-state index contributed by atoms with van der Waals surface area (Å²) in [5, 5.41) is 2.63. The molecular formula is C74H49NS. The van der Waals surface area contributed by atoms with Crippen LogP contribution in [0.3, 0.4) is 0 Å². The SMILES string of the molecule is c1ccc(C2(c3ccc(N(c4ccc(-c5cccc(-c6ccc7sc8ccccc8c7c6)c5)cc4)c4ccc(C5(c6ccccc6)c6ccccc6-c6ccccc65)cc4)cc3)c3ccccc3-c3ccccc32)cc1. The first-order valence-corrected chi connectivity index (χ1v) is 27.1. The molecular weight excluding hydrogens is 935 g/mol. The molecule has 356 valence electrons. The number of rotatable bonds is 9. The van der Waals surface area contributed by atoms with Gasteiger partial charge in [-0.25, -0.2) is 0 Å². The Morgan fingerprint density at radius 1 is 0.237 bits per heavy atom. The third-order valence-corrected chi connectivity index (χ3v) is 17.6. The molecule has 0 bridgehead atoms. The standard InChI is InChI=1S/C74H49NS/c1-3-20-54(21-4-1)73(67-29-12-7-24-61(67)62-25-8-13-30-68(62)73)56-37-43-59(44-38-56)75(58-41-34-50(35-42-58)51-18-17-19-52(48-51)53-36-47-72-66(49-53)65-28-11-16-33-71(65)76-72)60-45-39-57(40-46-60)74(55-22-5-2-6-23-55)69-31-14-9-26-63(69)64-27-10-15-32-70(64)74/h1-49H. The Bertz CT molecular complexity index is 4050. The Kier molecular flexibility index (Phi) is 10.3. The van der Waals surface area contributed by atoms with Crippen LogP contribution in [0.4, 0.5) is 17.1 Å². The van der Waals surface area contributed by atoms with Crippen LogP contribution >= 0.6 is 11.3 Å². The molecule has 1 nitrogen and oxygen atoms in total. The average Bonchev–Trinajstić information content (AvgIpc) is 4.15. The maximum Gasteiger partial charge on any atom is 0.0713 e. The van der Waals surface area contributed by atoms with Crippen LogP contribution in [0.1, 0.15) is 44.5 Å². The normalized spacial score (nSPS) is 13.5. The highest BCUT2D eigenvalue weighted by Crippen LogP contribution is 2.58. The zero-order valence-electron chi connectivity index (χ0n) is 41.6. The van der Waals surface area contributed by atoms with Gasteiger partial charge in [-0.1, -0.05) is 237 Å². The molecule has 2 aliphatic carbocycles. The number of nitrogens with zero attached hydrogens (tertiary/aromatic N) is 1. The van der Waals surface area contributed by atoms with Gasteiger partial charge in [0.1, 0.15) is 0 Å². The fraction of sp³-hybridized carbons (Fsp3) is 0.0270. The molecule has 13 aromatic rings. The largest absolute Gasteiger partial charge is 0.311 e. The van der Waals surface area contributed by atoms with Gasteiger partial charge in [-0.15, -0.1) is 11.3 Å². The fourth-order valence-corrected chi connectivity index (χ4v) is 14.3. The summed E-state index contributed by atoms with van der Waals surface area (Å²) in [5.74, 6) is 0. The summed E-state index contributed by atoms with van der Waals surface area (Å²) in [7, 11) is 0. The second-order valence-electron chi connectivity index (χ2n) is 20.3. The fourth-order valence-electron chi connectivity index (χ4n) is 13.2. The van der Waals surface area contributed by atoms with Crippen molar-refractivity contribution >= 4 is 48.6 Å². The van der Waals surface area contributed by atoms with Crippen molar-refractivity contribution in [3.05, 3.63) is 342 Å². The number of thiophene rings is 1. The topological polar surface area (TPSA) is 3.24 Å². The third-order valence-electron chi connectivity index (χ3n) is 16.5. The van der Waals surface area contributed by atoms with E-state index in [-0.39, 0.29) is 0 Å². The molecule has 0 radical (unpaired) electrons. The maximum absolute atomic E-state index is 2.42. The molecule has 2 aliphatic rings. The van der Waals surface area contributed by atoms with Crippen molar-refractivity contribution in [1.82, 2.24) is 0 Å². The van der Waals surface area contributed by atoms with E-state index in [1.807, 2.05) is 11.3 Å². The molecule has 0 spiro atoms. The molecule has 0 fully saturated rings. The summed E-state index contributed by atoms with van der Waals surface area (Å²) in [5.41, 5.74) is 22.5. The molecule has 12 aromatic carbocycles. The first-order valence-electron chi connectivity index (χ1n) is 26.3. The van der Waals surface area contributed by atoms with Crippen LogP contribution in [-0.2, 0) is 10.8 Å². The molecule has 15 rings (SSSR count). The number of hydrogen-bond donors (Lipinski definition) is 0. The van der Waals surface area contributed by atoms with Gasteiger partial charge in [0.2, 0.25) is 0 Å². The van der Waals surface area contributed by atoms with Gasteiger partial charge in [-0.05, 0) is 150 Å². The van der Waals surface area contributed by atoms with Crippen LogP contribution in [0.15, 0.2) is 297 Å². The lowest BCUT2D eigenvalue weighted by Crippen LogP contribution is -2.28. The average molecular weight is 984 g/mol. The Morgan fingerprint density at radius 3 is 1.08 bits per heavy atom. The van der Waals surface area contributed by atoms with Gasteiger partial charge in [0.05, 0.1) is 10.8 Å². The molecule has 0 atom stereocenters. The molecule has 2 heteroatoms. The van der Waals surface area contributed by atoms with Gasteiger partial charge >= 0.3 is 0 Å². The number of hydrogen-bond acceptors (Lipinski definition) is 2. The molecule has 0 saturated carbocycles. The van der Waals surface area contributed by atoms with Gasteiger partial charge in [-0.3, -0.25) is 0 Å². The number of anilines is 3. The van der Waals surface area contributed by atoms with Crippen molar-refractivity contribution in [3.63, 3.8) is 0 Å². The molecule has 0 unspecified atom stereocenters. The van der Waals surface area contributed by atoms with Crippen LogP contribution in [0, 0.1) is 0 Å². The number of benzene rings is 12. The minimum Gasteiger partial charge on any atom is -0.311 e. The van der Waals surface area contributed by atoms with E-state index in [1.54, 1.807) is 0 Å². The van der Waals surface area contributed by atoms with Gasteiger partial charge in [0.15, 0.2) is 0 Å². The monoisotopic (exact) mass is 983 g/mol. The van der Waals surface area contributed by atoms with E-state index in [4.69, 9.17) is 0 Å². The summed E-state index contributed by atoms with van der Waals surface area (Å²) < 4.78 is 2.65. The Balaban J connectivity index is 0.864. The molecule has 1 aromatic heterocycles. The first kappa shape index (κ1) is 44.2. The van der Waals surface area contributed by atoms with E-state index < -0.39 is 10.8 Å². The molecule has 0 aliphatic heterocycles. The van der Waals surface area contributed by atoms with Gasteiger partial charge in [0, 0.05) is 37.2 Å². The van der Waals surface area contributed by atoms with Crippen molar-refractivity contribution in [2.24, 2.45) is 0 Å². The minimum atomic E-state index is -0.488. The third kappa shape index (κ3) is 6.64. The summed E-state index contributed by atoms with van der Waals surface area (Å²) in [6.07, 6.45) is 0. The lowest BCUT2D eigenvalue weighted by Gasteiger charge is -2.35. The van der Waals surface area contributed by atoms with Crippen molar-refractivity contribution in [2.45, 2.75) is 10.8 Å². The van der Waals surface area contributed by atoms with Crippen LogP contribution < -0.4 is 4.90 Å². The van der Waals surface area contributed by atoms with E-state index in [0.717, 1.165) is 17.1 Å². The van der Waals surface area contributed by atoms with E-state index in [1.165, 1.54) is 109 Å². The van der Waals surface area contributed by atoms with Gasteiger partial charge in [-0.2, -0.15) is 0 Å². The van der Waals surface area contributed by atoms with Crippen molar-refractivity contribution in [3.8, 4) is 44.5 Å². The Hall–Kier alpha value is -9.34. The summed E-state index contributed by atoms with van der Waals surface area (Å²) in [6, 6.07) is 111. The molecule has 0 N–H and O–H groups in total. The van der Waals surface area contributed by atoms with Crippen molar-refractivity contribution < 1.29 is 0 Å². The first-order chi connectivity index (χ1) is 37.7. The van der Waals surface area contributed by atoms with Crippen LogP contribution in [0.25, 0.3) is 64.7 Å². The van der Waals surface area contributed by atoms with E-state index in [9.17, 15) is 0 Å². The highest BCUT2D eigenvalue weighted by Gasteiger charge is 2.47. The molecule has 0 saturated heterocycles. The van der Waals surface area contributed by atoms with Crippen LogP contribution in [0.5, 0.6) is 0 Å². The van der Waals surface area contributed by atoms with Gasteiger partial charge < -0.3 is 4.90 Å². The second kappa shape index (κ2) is 17.7. The maximum atomic E-state index is 2.42. The molecule has 0 amide bonds. The van der Waals surface area contributed by atoms with Crippen LogP contribution in [-0.4, -0.2) is 0 Å². The van der Waals surface area contributed by atoms with Crippen molar-refractivity contribution in [2.75, 3.05) is 4.90 Å². The zero-order chi connectivity index (χ0) is 50.2. The Labute approximate surface area is 447 Å². The van der Waals surface area contributed by atoms with E-state index >= 15 is 0 Å². The van der Waals surface area contributed by atoms with E-state index in [0.29, 0.717) is 0 Å². The lowest BCUT2D eigenvalue weighted by atomic mass is 9.67. The highest BCUT2D eigenvalue weighted by molar-refractivity contribution is 7.25. The molecule has 76 heavy (non-hydrogen) atoms. The predicted molar refractivity (Wildman–Crippen MR) is 319 cm³/mol. The smallest absolute Gasteiger partial charge is 0.0713 e. The Morgan fingerprint density at radius 2 is 0.592 bits per heavy atom. The summed E-state index contributed by atoms with van der Waals surface area (Å²) >= 11 is 1.86. The van der Waals surface area contributed by atoms with Crippen molar-refractivity contribution in [1.29, 1.82) is 0 Å². The number of fused-ring (bicyclic) bond motifs is 9. The highest BCUT2D eigenvalue weighted by atomic mass is 32.1. The summed E-state index contributed by atoms with van der Waals surface area (Å²) in [4.78, 5) is 2.42. The quantitative estimate of drug-likeness (QED) is 0.139. The predicted octanol–water partition coefficient (Wildman–Crippen LogP) is 19.6. The molecule has 1 heterocycles. The lowest BCUT2D eigenvalue weighted by molar-refractivity contribution is 0.768. The van der Waals surface area contributed by atoms with Gasteiger partial charge in [0.25, 0.3) is 0 Å². The van der Waals surface area contributed by atoms with Crippen LogP contribution in [0.2, 0.25) is 0 Å². The summed E-state index contributed by atoms with van der Waals surface area (Å²) in [6.45, 7) is 0. The zero-order valence-corrected chi connectivity index (χ0v) is 42.5. The van der Waals surface area contributed by atoms with E-state index in [2.05, 4.69) is 302 Å². The second-order valence-corrected chi connectivity index (χ2v) is 21.4. The minimum absolute atomic E-state index is 0.488.